The van der Waals surface area contributed by atoms with Gasteiger partial charge in [0, 0.05) is 39.2 Å². The van der Waals surface area contributed by atoms with Crippen LogP contribution in [0.2, 0.25) is 0 Å². The van der Waals surface area contributed by atoms with Crippen LogP contribution in [0.1, 0.15) is 10.4 Å². The molecule has 1 aliphatic heterocycles. The van der Waals surface area contributed by atoms with E-state index in [9.17, 15) is 4.79 Å². The molecule has 0 spiro atoms. The average molecular weight is 365 g/mol. The zero-order valence-electron chi connectivity index (χ0n) is 14.1. The van der Waals surface area contributed by atoms with Crippen LogP contribution in [0.3, 0.4) is 0 Å². The van der Waals surface area contributed by atoms with E-state index in [1.807, 2.05) is 60.7 Å². The molecule has 0 aromatic heterocycles. The maximum absolute atomic E-state index is 12.6. The normalized spacial score (nSPS) is 14.4. The molecule has 1 heterocycles. The van der Waals surface area contributed by atoms with Gasteiger partial charge in [0.15, 0.2) is 0 Å². The molecule has 0 aliphatic carbocycles. The Morgan fingerprint density at radius 2 is 1.81 bits per heavy atom. The van der Waals surface area contributed by atoms with Crippen molar-refractivity contribution in [2.24, 2.45) is 0 Å². The number of rotatable bonds is 3. The summed E-state index contributed by atoms with van der Waals surface area (Å²) < 4.78 is 7.54. The van der Waals surface area contributed by atoms with Crippen LogP contribution in [0.4, 0.5) is 17.1 Å². The third kappa shape index (κ3) is 3.34. The molecule has 0 atom stereocenters. The molecule has 0 unspecified atom stereocenters. The van der Waals surface area contributed by atoms with Crippen molar-refractivity contribution in [1.82, 2.24) is 0 Å². The number of nitrogens with one attached hydrogen (secondary N) is 1. The highest BCUT2D eigenvalue weighted by atomic mass is 32.2. The van der Waals surface area contributed by atoms with Crippen molar-refractivity contribution >= 4 is 45.7 Å². The summed E-state index contributed by atoms with van der Waals surface area (Å²) in [6.07, 6.45) is 0. The molecule has 0 saturated carbocycles. The van der Waals surface area contributed by atoms with Crippen molar-refractivity contribution in [2.75, 3.05) is 34.4 Å². The van der Waals surface area contributed by atoms with Crippen LogP contribution < -0.4 is 15.4 Å². The Bertz CT molecular complexity index is 937. The van der Waals surface area contributed by atoms with Crippen molar-refractivity contribution in [2.45, 2.75) is 0 Å². The highest BCUT2D eigenvalue weighted by Gasteiger charge is 2.14. The van der Waals surface area contributed by atoms with Gasteiger partial charge in [0.05, 0.1) is 6.61 Å². The summed E-state index contributed by atoms with van der Waals surface area (Å²) >= 11 is 1.73. The van der Waals surface area contributed by atoms with Crippen molar-refractivity contribution in [3.05, 3.63) is 66.2 Å². The van der Waals surface area contributed by atoms with Crippen LogP contribution in [-0.4, -0.2) is 25.0 Å². The minimum absolute atomic E-state index is 0.144. The Morgan fingerprint density at radius 3 is 2.58 bits per heavy atom. The van der Waals surface area contributed by atoms with E-state index < -0.39 is 0 Å². The van der Waals surface area contributed by atoms with E-state index in [2.05, 4.69) is 9.62 Å². The Balaban J connectivity index is 1.54. The number of carbonyl (C=O) groups excluding carboxylic acids is 1. The van der Waals surface area contributed by atoms with Crippen LogP contribution in [0.5, 0.6) is 0 Å². The van der Waals surface area contributed by atoms with Crippen molar-refractivity contribution < 1.29 is 9.53 Å². The van der Waals surface area contributed by atoms with Crippen molar-refractivity contribution in [1.29, 1.82) is 0 Å². The minimum Gasteiger partial charge on any atom is -0.398 e. The molecule has 1 saturated heterocycles. The van der Waals surface area contributed by atoms with Crippen LogP contribution in [0, 0.1) is 0 Å². The minimum atomic E-state index is -0.144. The van der Waals surface area contributed by atoms with Gasteiger partial charge in [0.25, 0.3) is 5.91 Å². The number of fused-ring (bicyclic) bond motifs is 1. The number of anilines is 3. The number of amides is 1. The van der Waals surface area contributed by atoms with Gasteiger partial charge in [-0.15, -0.1) is 0 Å². The molecule has 132 valence electrons. The topological polar surface area (TPSA) is 67.6 Å². The third-order valence-corrected chi connectivity index (χ3v) is 5.28. The van der Waals surface area contributed by atoms with E-state index in [1.165, 1.54) is 0 Å². The van der Waals surface area contributed by atoms with Gasteiger partial charge in [-0.2, -0.15) is 0 Å². The first-order valence-corrected chi connectivity index (χ1v) is 9.33. The number of hydrogen-bond donors (Lipinski definition) is 2. The average Bonchev–Trinajstić information content (AvgIpc) is 2.69. The fourth-order valence-electron chi connectivity index (χ4n) is 2.96. The maximum atomic E-state index is 12.6. The van der Waals surface area contributed by atoms with Crippen LogP contribution >= 0.6 is 11.9 Å². The summed E-state index contributed by atoms with van der Waals surface area (Å²) in [5, 5.41) is 4.85. The van der Waals surface area contributed by atoms with E-state index >= 15 is 0 Å². The van der Waals surface area contributed by atoms with Gasteiger partial charge < -0.3 is 15.8 Å². The van der Waals surface area contributed by atoms with Gasteiger partial charge in [0.2, 0.25) is 0 Å². The largest absolute Gasteiger partial charge is 0.398 e. The lowest BCUT2D eigenvalue weighted by molar-refractivity contribution is 0.102. The summed E-state index contributed by atoms with van der Waals surface area (Å²) in [6, 6.07) is 19.0. The molecule has 1 amide bonds. The Labute approximate surface area is 156 Å². The van der Waals surface area contributed by atoms with E-state index in [1.54, 1.807) is 11.9 Å². The summed E-state index contributed by atoms with van der Waals surface area (Å²) in [4.78, 5) is 12.6. The fourth-order valence-corrected chi connectivity index (χ4v) is 3.79. The van der Waals surface area contributed by atoms with Gasteiger partial charge >= 0.3 is 0 Å². The lowest BCUT2D eigenvalue weighted by Crippen LogP contribution is -2.25. The van der Waals surface area contributed by atoms with Crippen LogP contribution in [0.15, 0.2) is 60.7 Å². The smallest absolute Gasteiger partial charge is 0.255 e. The Morgan fingerprint density at radius 1 is 1.04 bits per heavy atom. The van der Waals surface area contributed by atoms with E-state index in [0.717, 1.165) is 34.5 Å². The third-order valence-electron chi connectivity index (χ3n) is 4.30. The zero-order chi connectivity index (χ0) is 17.9. The lowest BCUT2D eigenvalue weighted by atomic mass is 10.1. The standard InChI is InChI=1S/C20H19N3O2S/c21-18-5-1-4-17-16(18)3-2-6-19(17)22-20(24)14-7-9-15(10-8-14)23-13-25-11-12-26-23/h1-10H,11-13,21H2,(H,22,24). The monoisotopic (exact) mass is 365 g/mol. The number of benzene rings is 3. The molecule has 26 heavy (non-hydrogen) atoms. The molecule has 3 aromatic carbocycles. The predicted molar refractivity (Wildman–Crippen MR) is 109 cm³/mol. The molecule has 1 fully saturated rings. The number of nitrogen functional groups attached to an aromatic ring is 1. The van der Waals surface area contributed by atoms with Crippen LogP contribution in [0.25, 0.3) is 10.8 Å². The second kappa shape index (κ2) is 7.27. The predicted octanol–water partition coefficient (Wildman–Crippen LogP) is 4.12. The molecule has 3 aromatic rings. The number of carbonyl (C=O) groups is 1. The van der Waals surface area contributed by atoms with E-state index in [0.29, 0.717) is 18.0 Å². The van der Waals surface area contributed by atoms with Crippen molar-refractivity contribution in [3.63, 3.8) is 0 Å². The first-order valence-electron chi connectivity index (χ1n) is 8.39. The van der Waals surface area contributed by atoms with Crippen LogP contribution in [-0.2, 0) is 4.74 Å². The quantitative estimate of drug-likeness (QED) is 0.540. The van der Waals surface area contributed by atoms with Gasteiger partial charge in [0.1, 0.15) is 6.73 Å². The lowest BCUT2D eigenvalue weighted by Gasteiger charge is -2.27. The number of hydrogen-bond acceptors (Lipinski definition) is 5. The molecule has 1 aliphatic rings. The number of nitrogens with zero attached hydrogens (tertiary/aromatic N) is 1. The zero-order valence-corrected chi connectivity index (χ0v) is 15.0. The summed E-state index contributed by atoms with van der Waals surface area (Å²) in [7, 11) is 0. The summed E-state index contributed by atoms with van der Waals surface area (Å²) in [6.45, 7) is 1.34. The first kappa shape index (κ1) is 16.8. The SMILES string of the molecule is Nc1cccc2c(NC(=O)c3ccc(N4COCCS4)cc3)cccc12. The molecule has 5 nitrogen and oxygen atoms in total. The number of ether oxygens (including phenoxy) is 1. The second-order valence-corrected chi connectivity index (χ2v) is 7.11. The molecule has 6 heteroatoms. The van der Waals surface area contributed by atoms with Gasteiger partial charge in [-0.3, -0.25) is 9.10 Å². The fraction of sp³-hybridized carbons (Fsp3) is 0.150. The molecular weight excluding hydrogens is 346 g/mol. The Hall–Kier alpha value is -2.70. The highest BCUT2D eigenvalue weighted by Crippen LogP contribution is 2.28. The maximum Gasteiger partial charge on any atom is 0.255 e. The first-order chi connectivity index (χ1) is 12.7. The second-order valence-electron chi connectivity index (χ2n) is 6.00. The molecule has 0 bridgehead atoms. The highest BCUT2D eigenvalue weighted by molar-refractivity contribution is 8.00. The summed E-state index contributed by atoms with van der Waals surface area (Å²) in [5.41, 5.74) is 9.12. The molecule has 3 N–H and O–H groups in total. The molecule has 0 radical (unpaired) electrons. The Kier molecular flexibility index (Phi) is 4.69. The van der Waals surface area contributed by atoms with E-state index in [4.69, 9.17) is 10.5 Å². The van der Waals surface area contributed by atoms with Gasteiger partial charge in [-0.25, -0.2) is 0 Å². The van der Waals surface area contributed by atoms with E-state index in [-0.39, 0.29) is 5.91 Å². The molecular formula is C20H19N3O2S. The van der Waals surface area contributed by atoms with Gasteiger partial charge in [-0.05, 0) is 48.3 Å². The number of nitrogens with two attached hydrogens (primary N) is 1. The molecule has 4 rings (SSSR count). The summed E-state index contributed by atoms with van der Waals surface area (Å²) in [5.74, 6) is 0.793. The van der Waals surface area contributed by atoms with Gasteiger partial charge in [-0.1, -0.05) is 24.3 Å². The van der Waals surface area contributed by atoms with Crippen molar-refractivity contribution in [3.8, 4) is 0 Å².